The van der Waals surface area contributed by atoms with Crippen LogP contribution in [0.5, 0.6) is 5.75 Å². The summed E-state index contributed by atoms with van der Waals surface area (Å²) in [5.41, 5.74) is 6.41. The van der Waals surface area contributed by atoms with Crippen molar-refractivity contribution in [3.63, 3.8) is 0 Å². The molecule has 3 N–H and O–H groups in total. The predicted octanol–water partition coefficient (Wildman–Crippen LogP) is 2.81. The molecule has 0 bridgehead atoms. The Kier molecular flexibility index (Phi) is 5.63. The van der Waals surface area contributed by atoms with Crippen LogP contribution < -0.4 is 10.5 Å². The van der Waals surface area contributed by atoms with Gasteiger partial charge in [-0.1, -0.05) is 23.7 Å². The van der Waals surface area contributed by atoms with Crippen molar-refractivity contribution < 1.29 is 9.94 Å². The van der Waals surface area contributed by atoms with Crippen LogP contribution in [0.4, 0.5) is 0 Å². The summed E-state index contributed by atoms with van der Waals surface area (Å²) in [4.78, 5) is 0. The summed E-state index contributed by atoms with van der Waals surface area (Å²) in [6, 6.07) is 5.61. The van der Waals surface area contributed by atoms with Gasteiger partial charge in [-0.2, -0.15) is 0 Å². The molecule has 0 amide bonds. The Morgan fingerprint density at radius 3 is 2.94 bits per heavy atom. The number of aryl methyl sites for hydroxylation is 1. The molecule has 1 aromatic carbocycles. The summed E-state index contributed by atoms with van der Waals surface area (Å²) in [7, 11) is 0. The van der Waals surface area contributed by atoms with E-state index in [1.54, 1.807) is 0 Å². The van der Waals surface area contributed by atoms with Gasteiger partial charge in [0.25, 0.3) is 0 Å². The minimum absolute atomic E-state index is 0.221. The third kappa shape index (κ3) is 4.53. The molecule has 0 spiro atoms. The van der Waals surface area contributed by atoms with Crippen molar-refractivity contribution in [2.75, 3.05) is 6.61 Å². The number of hydrogen-bond donors (Lipinski definition) is 2. The van der Waals surface area contributed by atoms with Gasteiger partial charge < -0.3 is 15.7 Å². The molecular weight excluding hydrogens is 240 g/mol. The van der Waals surface area contributed by atoms with E-state index in [1.807, 2.05) is 25.1 Å². The topological polar surface area (TPSA) is 67.8 Å². The Labute approximate surface area is 106 Å². The maximum Gasteiger partial charge on any atom is 0.139 e. The maximum absolute atomic E-state index is 8.36. The van der Waals surface area contributed by atoms with E-state index in [9.17, 15) is 0 Å². The number of halogens is 1. The lowest BCUT2D eigenvalue weighted by Gasteiger charge is -2.08. The third-order valence-electron chi connectivity index (χ3n) is 2.37. The van der Waals surface area contributed by atoms with E-state index in [0.717, 1.165) is 22.8 Å². The van der Waals surface area contributed by atoms with Gasteiger partial charge in [0.15, 0.2) is 0 Å². The van der Waals surface area contributed by atoms with Crippen LogP contribution in [0, 0.1) is 0 Å². The molecule has 4 nitrogen and oxygen atoms in total. The van der Waals surface area contributed by atoms with E-state index in [-0.39, 0.29) is 5.84 Å². The van der Waals surface area contributed by atoms with Crippen molar-refractivity contribution in [1.82, 2.24) is 0 Å². The van der Waals surface area contributed by atoms with Gasteiger partial charge in [-0.05, 0) is 36.6 Å². The number of nitrogens with two attached hydrogens (primary N) is 1. The standard InChI is InChI=1S/C12H17ClN2O2/c1-2-9-8-10(5-6-11(9)13)17-7-3-4-12(14)15-16/h5-6,8,16H,2-4,7H2,1H3,(H2,14,15). The molecule has 94 valence electrons. The lowest BCUT2D eigenvalue weighted by atomic mass is 10.1. The molecule has 0 heterocycles. The van der Waals surface area contributed by atoms with Gasteiger partial charge in [-0.25, -0.2) is 0 Å². The molecule has 0 saturated carbocycles. The highest BCUT2D eigenvalue weighted by Gasteiger charge is 2.01. The fourth-order valence-corrected chi connectivity index (χ4v) is 1.66. The number of nitrogens with zero attached hydrogens (tertiary/aromatic N) is 1. The second kappa shape index (κ2) is 7.01. The molecule has 5 heteroatoms. The average Bonchev–Trinajstić information content (AvgIpc) is 2.36. The van der Waals surface area contributed by atoms with Crippen LogP contribution in [0.15, 0.2) is 23.4 Å². The van der Waals surface area contributed by atoms with E-state index in [4.69, 9.17) is 27.3 Å². The van der Waals surface area contributed by atoms with Crippen LogP contribution >= 0.6 is 11.6 Å². The molecule has 0 aromatic heterocycles. The Morgan fingerprint density at radius 1 is 1.53 bits per heavy atom. The molecule has 0 atom stereocenters. The van der Waals surface area contributed by atoms with Crippen molar-refractivity contribution in [1.29, 1.82) is 0 Å². The Hall–Kier alpha value is -1.42. The molecule has 0 aliphatic carbocycles. The van der Waals surface area contributed by atoms with Gasteiger partial charge in [0, 0.05) is 11.4 Å². The largest absolute Gasteiger partial charge is 0.494 e. The third-order valence-corrected chi connectivity index (χ3v) is 2.74. The SMILES string of the molecule is CCc1cc(OCCC/C(N)=N/O)ccc1Cl. The van der Waals surface area contributed by atoms with Crippen molar-refractivity contribution in [2.45, 2.75) is 26.2 Å². The van der Waals surface area contributed by atoms with Crippen molar-refractivity contribution in [2.24, 2.45) is 10.9 Å². The van der Waals surface area contributed by atoms with Crippen LogP contribution in [0.1, 0.15) is 25.3 Å². The van der Waals surface area contributed by atoms with Gasteiger partial charge in [-0.3, -0.25) is 0 Å². The highest BCUT2D eigenvalue weighted by atomic mass is 35.5. The zero-order valence-electron chi connectivity index (χ0n) is 9.82. The number of benzene rings is 1. The molecule has 1 aromatic rings. The Bertz CT molecular complexity index is 394. The van der Waals surface area contributed by atoms with Crippen molar-refractivity contribution >= 4 is 17.4 Å². The molecule has 0 saturated heterocycles. The first kappa shape index (κ1) is 13.6. The zero-order chi connectivity index (χ0) is 12.7. The molecule has 0 aliphatic rings. The summed E-state index contributed by atoms with van der Waals surface area (Å²) in [6.07, 6.45) is 2.10. The van der Waals surface area contributed by atoms with Gasteiger partial charge in [0.05, 0.1) is 6.61 Å². The van der Waals surface area contributed by atoms with Gasteiger partial charge in [-0.15, -0.1) is 0 Å². The monoisotopic (exact) mass is 256 g/mol. The maximum atomic E-state index is 8.36. The minimum atomic E-state index is 0.221. The fraction of sp³-hybridized carbons (Fsp3) is 0.417. The van der Waals surface area contributed by atoms with Crippen molar-refractivity contribution in [3.8, 4) is 5.75 Å². The van der Waals surface area contributed by atoms with Gasteiger partial charge in [0.2, 0.25) is 0 Å². The van der Waals surface area contributed by atoms with Crippen LogP contribution in [0.3, 0.4) is 0 Å². The first-order chi connectivity index (χ1) is 8.17. The van der Waals surface area contributed by atoms with E-state index >= 15 is 0 Å². The normalized spacial score (nSPS) is 11.5. The number of ether oxygens (including phenoxy) is 1. The van der Waals surface area contributed by atoms with Crippen LogP contribution in [0.25, 0.3) is 0 Å². The van der Waals surface area contributed by atoms with E-state index in [1.165, 1.54) is 0 Å². The first-order valence-electron chi connectivity index (χ1n) is 5.55. The zero-order valence-corrected chi connectivity index (χ0v) is 10.6. The number of hydrogen-bond acceptors (Lipinski definition) is 3. The summed E-state index contributed by atoms with van der Waals surface area (Å²) in [6.45, 7) is 2.57. The first-order valence-corrected chi connectivity index (χ1v) is 5.92. The quantitative estimate of drug-likeness (QED) is 0.270. The van der Waals surface area contributed by atoms with E-state index in [0.29, 0.717) is 19.4 Å². The molecule has 0 unspecified atom stereocenters. The van der Waals surface area contributed by atoms with Crippen LogP contribution in [-0.2, 0) is 6.42 Å². The second-order valence-electron chi connectivity index (χ2n) is 3.65. The lowest BCUT2D eigenvalue weighted by Crippen LogP contribution is -2.12. The van der Waals surface area contributed by atoms with E-state index in [2.05, 4.69) is 5.16 Å². The summed E-state index contributed by atoms with van der Waals surface area (Å²) < 4.78 is 5.55. The summed E-state index contributed by atoms with van der Waals surface area (Å²) >= 11 is 6.00. The Morgan fingerprint density at radius 2 is 2.29 bits per heavy atom. The fourth-order valence-electron chi connectivity index (χ4n) is 1.41. The van der Waals surface area contributed by atoms with Gasteiger partial charge in [0.1, 0.15) is 11.6 Å². The summed E-state index contributed by atoms with van der Waals surface area (Å²) in [5, 5.41) is 12.0. The average molecular weight is 257 g/mol. The minimum Gasteiger partial charge on any atom is -0.494 e. The number of amidine groups is 1. The highest BCUT2D eigenvalue weighted by Crippen LogP contribution is 2.22. The lowest BCUT2D eigenvalue weighted by molar-refractivity contribution is 0.305. The molecular formula is C12H17ClN2O2. The van der Waals surface area contributed by atoms with Crippen molar-refractivity contribution in [3.05, 3.63) is 28.8 Å². The number of oxime groups is 1. The van der Waals surface area contributed by atoms with Crippen LogP contribution in [0.2, 0.25) is 5.02 Å². The van der Waals surface area contributed by atoms with E-state index < -0.39 is 0 Å². The molecule has 17 heavy (non-hydrogen) atoms. The molecule has 0 aliphatic heterocycles. The smallest absolute Gasteiger partial charge is 0.139 e. The number of rotatable bonds is 6. The van der Waals surface area contributed by atoms with Gasteiger partial charge >= 0.3 is 0 Å². The molecule has 1 rings (SSSR count). The van der Waals surface area contributed by atoms with Crippen LogP contribution in [-0.4, -0.2) is 17.6 Å². The predicted molar refractivity (Wildman–Crippen MR) is 69.0 cm³/mol. The molecule has 0 radical (unpaired) electrons. The highest BCUT2D eigenvalue weighted by molar-refractivity contribution is 6.31. The second-order valence-corrected chi connectivity index (χ2v) is 4.06. The summed E-state index contributed by atoms with van der Waals surface area (Å²) in [5.74, 6) is 1.02. The Balaban J connectivity index is 2.42. The molecule has 0 fully saturated rings.